The summed E-state index contributed by atoms with van der Waals surface area (Å²) in [6, 6.07) is 5.93. The third-order valence-electron chi connectivity index (χ3n) is 4.11. The van der Waals surface area contributed by atoms with Crippen LogP contribution >= 0.6 is 0 Å². The highest BCUT2D eigenvalue weighted by Gasteiger charge is 2.51. The van der Waals surface area contributed by atoms with Gasteiger partial charge in [-0.15, -0.1) is 0 Å². The van der Waals surface area contributed by atoms with Crippen molar-refractivity contribution >= 4 is 12.6 Å². The number of alkyl halides is 2. The van der Waals surface area contributed by atoms with Gasteiger partial charge in [0.15, 0.2) is 0 Å². The Morgan fingerprint density at radius 3 is 1.90 bits per heavy atom. The van der Waals surface area contributed by atoms with E-state index in [0.29, 0.717) is 0 Å². The average molecular weight is 283 g/mol. The molecule has 1 aromatic carbocycles. The summed E-state index contributed by atoms with van der Waals surface area (Å²) in [5, 5.41) is 0. The summed E-state index contributed by atoms with van der Waals surface area (Å²) in [5.74, 6) is -3.01. The van der Waals surface area contributed by atoms with Crippen molar-refractivity contribution in [2.75, 3.05) is 6.54 Å². The summed E-state index contributed by atoms with van der Waals surface area (Å²) in [6.07, 6.45) is 0. The van der Waals surface area contributed by atoms with E-state index in [0.717, 1.165) is 5.46 Å². The summed E-state index contributed by atoms with van der Waals surface area (Å²) < 4.78 is 38.6. The summed E-state index contributed by atoms with van der Waals surface area (Å²) in [4.78, 5) is 0. The second-order valence-corrected chi connectivity index (χ2v) is 6.12. The summed E-state index contributed by atoms with van der Waals surface area (Å²) in [7, 11) is -0.541. The number of hydrogen-bond acceptors (Lipinski definition) is 3. The average Bonchev–Trinajstić information content (AvgIpc) is 2.59. The molecule has 0 spiro atoms. The number of halogens is 2. The highest BCUT2D eigenvalue weighted by atomic mass is 19.3. The first-order chi connectivity index (χ1) is 9.09. The van der Waals surface area contributed by atoms with E-state index >= 15 is 0 Å². The zero-order valence-electron chi connectivity index (χ0n) is 12.2. The highest BCUT2D eigenvalue weighted by molar-refractivity contribution is 6.62. The van der Waals surface area contributed by atoms with Crippen LogP contribution in [0.15, 0.2) is 24.3 Å². The van der Waals surface area contributed by atoms with Gasteiger partial charge in [-0.1, -0.05) is 24.3 Å². The Labute approximate surface area is 118 Å². The fraction of sp³-hybridized carbons (Fsp3) is 0.571. The lowest BCUT2D eigenvalue weighted by Crippen LogP contribution is -2.41. The third-order valence-corrected chi connectivity index (χ3v) is 4.11. The smallest absolute Gasteiger partial charge is 0.399 e. The predicted octanol–water partition coefficient (Wildman–Crippen LogP) is 2.04. The monoisotopic (exact) mass is 283 g/mol. The van der Waals surface area contributed by atoms with E-state index < -0.39 is 30.8 Å². The van der Waals surface area contributed by atoms with E-state index in [1.165, 1.54) is 12.1 Å². The maximum atomic E-state index is 13.5. The first-order valence-corrected chi connectivity index (χ1v) is 6.63. The third kappa shape index (κ3) is 2.60. The van der Waals surface area contributed by atoms with Crippen LogP contribution in [0.2, 0.25) is 0 Å². The predicted molar refractivity (Wildman–Crippen MR) is 75.1 cm³/mol. The number of hydrogen-bond donors (Lipinski definition) is 1. The minimum absolute atomic E-state index is 0.0970. The van der Waals surface area contributed by atoms with Gasteiger partial charge in [0.25, 0.3) is 5.92 Å². The second kappa shape index (κ2) is 4.79. The van der Waals surface area contributed by atoms with Gasteiger partial charge in [0.05, 0.1) is 17.7 Å². The zero-order chi connectivity index (χ0) is 15.2. The molecule has 0 aliphatic carbocycles. The summed E-state index contributed by atoms with van der Waals surface area (Å²) in [5.41, 5.74) is 4.80. The first-order valence-electron chi connectivity index (χ1n) is 6.63. The van der Waals surface area contributed by atoms with E-state index in [1.54, 1.807) is 12.1 Å². The van der Waals surface area contributed by atoms with E-state index in [2.05, 4.69) is 0 Å². The maximum absolute atomic E-state index is 13.5. The SMILES string of the molecule is CC1(C)OB(c2ccc(C(F)(F)CN)cc2)OC1(C)C. The van der Waals surface area contributed by atoms with Crippen LogP contribution < -0.4 is 11.2 Å². The topological polar surface area (TPSA) is 44.5 Å². The van der Waals surface area contributed by atoms with E-state index in [9.17, 15) is 8.78 Å². The number of benzene rings is 1. The lowest BCUT2D eigenvalue weighted by atomic mass is 9.78. The lowest BCUT2D eigenvalue weighted by Gasteiger charge is -2.32. The van der Waals surface area contributed by atoms with Gasteiger partial charge < -0.3 is 15.0 Å². The molecule has 110 valence electrons. The molecule has 1 aromatic rings. The minimum atomic E-state index is -3.01. The molecule has 1 heterocycles. The van der Waals surface area contributed by atoms with Crippen LogP contribution in [0.4, 0.5) is 8.78 Å². The fourth-order valence-electron chi connectivity index (χ4n) is 1.98. The molecule has 1 saturated heterocycles. The molecule has 0 unspecified atom stereocenters. The van der Waals surface area contributed by atoms with E-state index in [1.807, 2.05) is 27.7 Å². The van der Waals surface area contributed by atoms with Gasteiger partial charge in [0, 0.05) is 5.56 Å². The van der Waals surface area contributed by atoms with Crippen molar-refractivity contribution in [1.82, 2.24) is 0 Å². The molecule has 3 nitrogen and oxygen atoms in total. The first kappa shape index (κ1) is 15.4. The van der Waals surface area contributed by atoms with Gasteiger partial charge >= 0.3 is 7.12 Å². The van der Waals surface area contributed by atoms with Gasteiger partial charge in [-0.25, -0.2) is 0 Å². The molecule has 0 atom stereocenters. The molecular formula is C14H20BF2NO2. The molecule has 20 heavy (non-hydrogen) atoms. The molecule has 0 saturated carbocycles. The molecule has 1 aliphatic rings. The van der Waals surface area contributed by atoms with E-state index in [-0.39, 0.29) is 5.56 Å². The summed E-state index contributed by atoms with van der Waals surface area (Å²) >= 11 is 0. The molecule has 2 rings (SSSR count). The Kier molecular flexibility index (Phi) is 3.69. The molecular weight excluding hydrogens is 263 g/mol. The van der Waals surface area contributed by atoms with Crippen LogP contribution in [0, 0.1) is 0 Å². The zero-order valence-corrected chi connectivity index (χ0v) is 12.2. The van der Waals surface area contributed by atoms with Crippen molar-refractivity contribution in [3.8, 4) is 0 Å². The Balaban J connectivity index is 2.21. The molecule has 0 aromatic heterocycles. The van der Waals surface area contributed by atoms with Gasteiger partial charge in [-0.2, -0.15) is 8.78 Å². The number of nitrogens with two attached hydrogens (primary N) is 1. The van der Waals surface area contributed by atoms with E-state index in [4.69, 9.17) is 15.0 Å². The highest BCUT2D eigenvalue weighted by Crippen LogP contribution is 2.36. The van der Waals surface area contributed by atoms with Crippen molar-refractivity contribution in [2.24, 2.45) is 5.73 Å². The van der Waals surface area contributed by atoms with Crippen LogP contribution in [-0.2, 0) is 15.2 Å². The maximum Gasteiger partial charge on any atom is 0.494 e. The Morgan fingerprint density at radius 2 is 1.50 bits per heavy atom. The second-order valence-electron chi connectivity index (χ2n) is 6.12. The largest absolute Gasteiger partial charge is 0.494 e. The molecule has 0 radical (unpaired) electrons. The van der Waals surface area contributed by atoms with Crippen LogP contribution in [-0.4, -0.2) is 24.9 Å². The minimum Gasteiger partial charge on any atom is -0.399 e. The molecule has 1 aliphatic heterocycles. The van der Waals surface area contributed by atoms with Gasteiger partial charge in [0.2, 0.25) is 0 Å². The summed E-state index contributed by atoms with van der Waals surface area (Å²) in [6.45, 7) is 7.09. The standard InChI is InChI=1S/C14H20BF2NO2/c1-12(2)13(3,4)20-15(19-12)11-7-5-10(6-8-11)14(16,17)9-18/h5-8H,9,18H2,1-4H3. The quantitative estimate of drug-likeness (QED) is 0.863. The van der Waals surface area contributed by atoms with Gasteiger partial charge in [0.1, 0.15) is 0 Å². The van der Waals surface area contributed by atoms with Crippen molar-refractivity contribution in [1.29, 1.82) is 0 Å². The van der Waals surface area contributed by atoms with Crippen molar-refractivity contribution < 1.29 is 18.1 Å². The Morgan fingerprint density at radius 1 is 1.05 bits per heavy atom. The lowest BCUT2D eigenvalue weighted by molar-refractivity contribution is 0.00578. The molecule has 2 N–H and O–H groups in total. The number of rotatable bonds is 3. The Hall–Kier alpha value is -0.975. The van der Waals surface area contributed by atoms with Crippen LogP contribution in [0.5, 0.6) is 0 Å². The van der Waals surface area contributed by atoms with Crippen LogP contribution in [0.25, 0.3) is 0 Å². The normalized spacial score (nSPS) is 21.2. The van der Waals surface area contributed by atoms with Gasteiger partial charge in [-0.05, 0) is 33.2 Å². The van der Waals surface area contributed by atoms with Crippen LogP contribution in [0.1, 0.15) is 33.3 Å². The Bertz CT molecular complexity index is 472. The molecule has 1 fully saturated rings. The van der Waals surface area contributed by atoms with Gasteiger partial charge in [-0.3, -0.25) is 0 Å². The van der Waals surface area contributed by atoms with Crippen molar-refractivity contribution in [3.63, 3.8) is 0 Å². The molecule has 6 heteroatoms. The van der Waals surface area contributed by atoms with Crippen molar-refractivity contribution in [3.05, 3.63) is 29.8 Å². The molecule has 0 amide bonds. The molecule has 0 bridgehead atoms. The van der Waals surface area contributed by atoms with Crippen molar-refractivity contribution in [2.45, 2.75) is 44.8 Å². The fourth-order valence-corrected chi connectivity index (χ4v) is 1.98. The van der Waals surface area contributed by atoms with Crippen LogP contribution in [0.3, 0.4) is 0 Å².